The summed E-state index contributed by atoms with van der Waals surface area (Å²) in [6.45, 7) is 0.521. The van der Waals surface area contributed by atoms with Crippen molar-refractivity contribution < 1.29 is 9.53 Å². The minimum atomic E-state index is -0.282. The Labute approximate surface area is 177 Å². The summed E-state index contributed by atoms with van der Waals surface area (Å²) in [5, 5.41) is 4.19. The molecule has 1 N–H and O–H groups in total. The summed E-state index contributed by atoms with van der Waals surface area (Å²) in [6, 6.07) is 13.9. The largest absolute Gasteiger partial charge is 0.497 e. The van der Waals surface area contributed by atoms with Crippen LogP contribution in [0.3, 0.4) is 0 Å². The lowest BCUT2D eigenvalue weighted by Gasteiger charge is -2.45. The second kappa shape index (κ2) is 7.24. The fraction of sp³-hybridized carbons (Fsp3) is 0.458. The van der Waals surface area contributed by atoms with Crippen molar-refractivity contribution in [1.29, 1.82) is 0 Å². The van der Waals surface area contributed by atoms with Gasteiger partial charge in [-0.1, -0.05) is 49.4 Å². The molecule has 1 heterocycles. The van der Waals surface area contributed by atoms with Crippen LogP contribution in [-0.4, -0.2) is 13.1 Å². The van der Waals surface area contributed by atoms with E-state index in [1.807, 2.05) is 41.3 Å². The third-order valence-corrected chi connectivity index (χ3v) is 6.76. The second-order valence-electron chi connectivity index (χ2n) is 8.90. The number of nitrogens with zero attached hydrogens (tertiary/aromatic N) is 1. The van der Waals surface area contributed by atoms with Crippen LogP contribution in [0.1, 0.15) is 49.7 Å². The average molecular weight is 411 g/mol. The van der Waals surface area contributed by atoms with Gasteiger partial charge in [-0.05, 0) is 60.6 Å². The van der Waals surface area contributed by atoms with E-state index in [-0.39, 0.29) is 11.6 Å². The van der Waals surface area contributed by atoms with Gasteiger partial charge < -0.3 is 10.1 Å². The first-order valence-electron chi connectivity index (χ1n) is 10.6. The molecule has 0 aromatic heterocycles. The highest BCUT2D eigenvalue weighted by Crippen LogP contribution is 2.52. The van der Waals surface area contributed by atoms with E-state index in [2.05, 4.69) is 11.4 Å². The van der Waals surface area contributed by atoms with E-state index in [0.29, 0.717) is 18.4 Å². The van der Waals surface area contributed by atoms with Crippen LogP contribution in [0.25, 0.3) is 0 Å². The zero-order valence-electron chi connectivity index (χ0n) is 16.8. The molecule has 0 radical (unpaired) electrons. The minimum absolute atomic E-state index is 0.00283. The Bertz CT molecular complexity index is 905. The molecule has 0 unspecified atom stereocenters. The maximum absolute atomic E-state index is 13.3. The number of methoxy groups -OCH3 is 1. The van der Waals surface area contributed by atoms with Crippen LogP contribution in [0.2, 0.25) is 5.02 Å². The van der Waals surface area contributed by atoms with Crippen molar-refractivity contribution in [2.24, 2.45) is 11.8 Å². The quantitative estimate of drug-likeness (QED) is 0.619. The first-order chi connectivity index (χ1) is 14.1. The molecule has 3 aliphatic rings. The van der Waals surface area contributed by atoms with Gasteiger partial charge in [0, 0.05) is 10.6 Å². The molecule has 0 atom stereocenters. The summed E-state index contributed by atoms with van der Waals surface area (Å²) in [6.07, 6.45) is 7.14. The van der Waals surface area contributed by atoms with Gasteiger partial charge in [0.15, 0.2) is 0 Å². The number of halogens is 1. The molecule has 29 heavy (non-hydrogen) atoms. The van der Waals surface area contributed by atoms with Crippen molar-refractivity contribution in [3.05, 3.63) is 58.6 Å². The summed E-state index contributed by atoms with van der Waals surface area (Å²) in [5.41, 5.74) is 2.97. The number of amides is 2. The van der Waals surface area contributed by atoms with Gasteiger partial charge in [0.2, 0.25) is 0 Å². The van der Waals surface area contributed by atoms with E-state index in [4.69, 9.17) is 16.3 Å². The molecule has 0 spiro atoms. The monoisotopic (exact) mass is 410 g/mol. The van der Waals surface area contributed by atoms with Crippen molar-refractivity contribution in [3.8, 4) is 5.75 Å². The van der Waals surface area contributed by atoms with E-state index < -0.39 is 0 Å². The van der Waals surface area contributed by atoms with E-state index in [0.717, 1.165) is 34.9 Å². The number of carbonyl (C=O) groups excluding carboxylic acids is 1. The molecular weight excluding hydrogens is 384 g/mol. The maximum Gasteiger partial charge on any atom is 0.322 e. The van der Waals surface area contributed by atoms with Gasteiger partial charge in [0.05, 0.1) is 24.9 Å². The first kappa shape index (κ1) is 18.8. The van der Waals surface area contributed by atoms with Gasteiger partial charge in [0.1, 0.15) is 5.75 Å². The fourth-order valence-corrected chi connectivity index (χ4v) is 4.85. The molecule has 2 saturated carbocycles. The number of ether oxygens (including phenoxy) is 1. The highest BCUT2D eigenvalue weighted by atomic mass is 35.5. The molecule has 4 nitrogen and oxygen atoms in total. The van der Waals surface area contributed by atoms with Crippen LogP contribution >= 0.6 is 11.6 Å². The molecule has 5 heteroatoms. The number of hydrogen-bond donors (Lipinski definition) is 1. The van der Waals surface area contributed by atoms with E-state index >= 15 is 0 Å². The fourth-order valence-electron chi connectivity index (χ4n) is 4.68. The number of nitrogens with one attached hydrogen (secondary N) is 1. The molecule has 0 saturated heterocycles. The minimum Gasteiger partial charge on any atom is -0.497 e. The number of carbonyl (C=O) groups is 1. The van der Waals surface area contributed by atoms with Crippen LogP contribution in [0.5, 0.6) is 5.75 Å². The molecule has 2 fully saturated rings. The predicted molar refractivity (Wildman–Crippen MR) is 116 cm³/mol. The highest BCUT2D eigenvalue weighted by molar-refractivity contribution is 6.30. The molecule has 2 aromatic rings. The Hall–Kier alpha value is -2.20. The SMILES string of the molecule is COc1ccc(CN2C(=O)NC(CC3CC3)(CC3CC3)c3cc(Cl)ccc32)cc1. The van der Waals surface area contributed by atoms with Crippen molar-refractivity contribution in [2.45, 2.75) is 50.6 Å². The van der Waals surface area contributed by atoms with Gasteiger partial charge in [-0.25, -0.2) is 4.79 Å². The number of urea groups is 1. The molecule has 0 bridgehead atoms. The van der Waals surface area contributed by atoms with Gasteiger partial charge >= 0.3 is 6.03 Å². The Morgan fingerprint density at radius 1 is 1.07 bits per heavy atom. The number of hydrogen-bond acceptors (Lipinski definition) is 2. The van der Waals surface area contributed by atoms with Gasteiger partial charge in [-0.15, -0.1) is 0 Å². The van der Waals surface area contributed by atoms with Gasteiger partial charge in [-0.3, -0.25) is 4.90 Å². The summed E-state index contributed by atoms with van der Waals surface area (Å²) in [5.74, 6) is 2.25. The summed E-state index contributed by atoms with van der Waals surface area (Å²) < 4.78 is 5.26. The van der Waals surface area contributed by atoms with Crippen molar-refractivity contribution >= 4 is 23.3 Å². The van der Waals surface area contributed by atoms with E-state index in [1.165, 1.54) is 31.2 Å². The molecule has 2 amide bonds. The van der Waals surface area contributed by atoms with Gasteiger partial charge in [0.25, 0.3) is 0 Å². The van der Waals surface area contributed by atoms with E-state index in [1.54, 1.807) is 7.11 Å². The number of rotatable bonds is 7. The Kier molecular flexibility index (Phi) is 4.70. The zero-order valence-corrected chi connectivity index (χ0v) is 17.5. The Morgan fingerprint density at radius 2 is 1.72 bits per heavy atom. The number of benzene rings is 2. The normalized spacial score (nSPS) is 20.2. The third-order valence-electron chi connectivity index (χ3n) is 6.52. The van der Waals surface area contributed by atoms with Crippen molar-refractivity contribution in [1.82, 2.24) is 5.32 Å². The molecule has 2 aromatic carbocycles. The van der Waals surface area contributed by atoms with Gasteiger partial charge in [-0.2, -0.15) is 0 Å². The molecule has 5 rings (SSSR count). The lowest BCUT2D eigenvalue weighted by molar-refractivity contribution is 0.209. The number of fused-ring (bicyclic) bond motifs is 1. The molecule has 2 aliphatic carbocycles. The van der Waals surface area contributed by atoms with Crippen molar-refractivity contribution in [3.63, 3.8) is 0 Å². The van der Waals surface area contributed by atoms with Crippen LogP contribution in [0, 0.1) is 11.8 Å². The number of anilines is 1. The third kappa shape index (κ3) is 3.83. The highest BCUT2D eigenvalue weighted by Gasteiger charge is 2.48. The summed E-state index contributed by atoms with van der Waals surface area (Å²) in [7, 11) is 1.66. The van der Waals surface area contributed by atoms with E-state index in [9.17, 15) is 4.79 Å². The second-order valence-corrected chi connectivity index (χ2v) is 9.34. The molecule has 1 aliphatic heterocycles. The van der Waals surface area contributed by atoms with Crippen LogP contribution < -0.4 is 15.0 Å². The van der Waals surface area contributed by atoms with Crippen LogP contribution in [0.4, 0.5) is 10.5 Å². The zero-order chi connectivity index (χ0) is 20.0. The standard InChI is InChI=1S/C24H27ClN2O2/c1-29-20-9-6-18(7-10-20)15-27-22-11-8-19(25)12-21(22)24(26-23(27)28,13-16-2-3-16)14-17-4-5-17/h6-12,16-17H,2-5,13-15H2,1H3,(H,26,28). The molecular formula is C24H27ClN2O2. The van der Waals surface area contributed by atoms with Crippen LogP contribution in [-0.2, 0) is 12.1 Å². The van der Waals surface area contributed by atoms with Crippen molar-refractivity contribution in [2.75, 3.05) is 12.0 Å². The molecule has 152 valence electrons. The Balaban J connectivity index is 1.52. The van der Waals surface area contributed by atoms with Crippen LogP contribution in [0.15, 0.2) is 42.5 Å². The average Bonchev–Trinajstić information content (AvgIpc) is 3.64. The first-order valence-corrected chi connectivity index (χ1v) is 11.0. The lowest BCUT2D eigenvalue weighted by atomic mass is 9.78. The summed E-state index contributed by atoms with van der Waals surface area (Å²) >= 11 is 6.44. The topological polar surface area (TPSA) is 41.6 Å². The predicted octanol–water partition coefficient (Wildman–Crippen LogP) is 5.87. The maximum atomic E-state index is 13.3. The smallest absolute Gasteiger partial charge is 0.322 e. The lowest BCUT2D eigenvalue weighted by Crippen LogP contribution is -2.56. The summed E-state index contributed by atoms with van der Waals surface area (Å²) in [4.78, 5) is 15.2. The Morgan fingerprint density at radius 3 is 2.31 bits per heavy atom.